The van der Waals surface area contributed by atoms with Gasteiger partial charge in [-0.2, -0.15) is 0 Å². The summed E-state index contributed by atoms with van der Waals surface area (Å²) in [5.74, 6) is -0.388. The Balaban J connectivity index is 4.06. The minimum atomic E-state index is -4.66. The van der Waals surface area contributed by atoms with Gasteiger partial charge in [0.1, 0.15) is 6.61 Å². The Labute approximate surface area is 292 Å². The minimum Gasteiger partial charge on any atom is -0.492 e. The third-order valence-electron chi connectivity index (χ3n) is 7.43. The number of esters is 1. The molecule has 1 unspecified atom stereocenters. The largest absolute Gasteiger partial charge is 0.492 e. The smallest absolute Gasteiger partial charge is 0.469 e. The SMILES string of the molecule is CC/C=C\C(O)C/C=C/C=C\C/C=C\C/C=C\CCCC(=O)OC[C@H](COP(=O)(O)O)O/C=C/CCCCCCCCCCCCCC. The van der Waals surface area contributed by atoms with Crippen molar-refractivity contribution >= 4 is 13.8 Å². The second kappa shape index (κ2) is 34.6. The summed E-state index contributed by atoms with van der Waals surface area (Å²) in [6.07, 6.45) is 43.3. The highest BCUT2D eigenvalue weighted by atomic mass is 31.2. The van der Waals surface area contributed by atoms with Gasteiger partial charge in [-0.1, -0.05) is 145 Å². The summed E-state index contributed by atoms with van der Waals surface area (Å²) in [6, 6.07) is 0. The molecule has 0 spiro atoms. The number of aliphatic hydroxyl groups excluding tert-OH is 1. The summed E-state index contributed by atoms with van der Waals surface area (Å²) in [7, 11) is -4.66. The molecule has 276 valence electrons. The monoisotopic (exact) mass is 694 g/mol. The van der Waals surface area contributed by atoms with Crippen molar-refractivity contribution in [2.24, 2.45) is 0 Å². The van der Waals surface area contributed by atoms with E-state index in [4.69, 9.17) is 19.3 Å². The third kappa shape index (κ3) is 36.6. The fourth-order valence-electron chi connectivity index (χ4n) is 4.66. The third-order valence-corrected chi connectivity index (χ3v) is 7.92. The van der Waals surface area contributed by atoms with Crippen LogP contribution in [0.2, 0.25) is 0 Å². The first-order valence-electron chi connectivity index (χ1n) is 18.4. The van der Waals surface area contributed by atoms with Crippen LogP contribution in [-0.4, -0.2) is 46.3 Å². The van der Waals surface area contributed by atoms with Crippen LogP contribution in [0.3, 0.4) is 0 Å². The predicted molar refractivity (Wildman–Crippen MR) is 198 cm³/mol. The van der Waals surface area contributed by atoms with Crippen LogP contribution in [0.5, 0.6) is 0 Å². The number of allylic oxidation sites excluding steroid dienone is 9. The van der Waals surface area contributed by atoms with E-state index in [2.05, 4.69) is 35.8 Å². The van der Waals surface area contributed by atoms with Crippen LogP contribution in [0.25, 0.3) is 0 Å². The van der Waals surface area contributed by atoms with Crippen LogP contribution < -0.4 is 0 Å². The maximum atomic E-state index is 12.2. The van der Waals surface area contributed by atoms with Gasteiger partial charge in [0.2, 0.25) is 0 Å². The quantitative estimate of drug-likeness (QED) is 0.0155. The van der Waals surface area contributed by atoms with Crippen molar-refractivity contribution in [1.82, 2.24) is 0 Å². The Kier molecular flexibility index (Phi) is 33.0. The molecule has 0 saturated heterocycles. The molecule has 0 bridgehead atoms. The van der Waals surface area contributed by atoms with Gasteiger partial charge in [-0.15, -0.1) is 0 Å². The Morgan fingerprint density at radius 3 is 1.92 bits per heavy atom. The van der Waals surface area contributed by atoms with E-state index in [1.54, 1.807) is 0 Å². The van der Waals surface area contributed by atoms with E-state index in [0.717, 1.165) is 44.9 Å². The molecule has 0 aromatic rings. The van der Waals surface area contributed by atoms with Crippen molar-refractivity contribution in [2.75, 3.05) is 13.2 Å². The lowest BCUT2D eigenvalue weighted by Gasteiger charge is -2.17. The molecule has 0 aliphatic rings. The number of carbonyl (C=O) groups is 1. The molecule has 0 aromatic carbocycles. The molecule has 0 radical (unpaired) electrons. The van der Waals surface area contributed by atoms with E-state index in [-0.39, 0.29) is 25.6 Å². The van der Waals surface area contributed by atoms with Crippen LogP contribution in [0.1, 0.15) is 142 Å². The Morgan fingerprint density at radius 1 is 0.688 bits per heavy atom. The van der Waals surface area contributed by atoms with Crippen LogP contribution >= 0.6 is 7.82 Å². The van der Waals surface area contributed by atoms with E-state index in [1.807, 2.05) is 49.5 Å². The van der Waals surface area contributed by atoms with Gasteiger partial charge in [0.25, 0.3) is 0 Å². The predicted octanol–water partition coefficient (Wildman–Crippen LogP) is 10.5. The van der Waals surface area contributed by atoms with Gasteiger partial charge in [-0.05, 0) is 57.4 Å². The van der Waals surface area contributed by atoms with Crippen molar-refractivity contribution in [3.63, 3.8) is 0 Å². The van der Waals surface area contributed by atoms with Crippen molar-refractivity contribution in [1.29, 1.82) is 0 Å². The van der Waals surface area contributed by atoms with Gasteiger partial charge in [-0.3, -0.25) is 9.32 Å². The highest BCUT2D eigenvalue weighted by Gasteiger charge is 2.20. The first kappa shape index (κ1) is 45.8. The molecule has 2 atom stereocenters. The molecule has 0 heterocycles. The second-order valence-electron chi connectivity index (χ2n) is 12.1. The Bertz CT molecular complexity index is 963. The average molecular weight is 695 g/mol. The number of rotatable bonds is 33. The zero-order chi connectivity index (χ0) is 35.4. The number of hydrogen-bond acceptors (Lipinski definition) is 6. The Hall–Kier alpha value is -2.22. The van der Waals surface area contributed by atoms with Gasteiger partial charge in [0.05, 0.1) is 19.0 Å². The highest BCUT2D eigenvalue weighted by Crippen LogP contribution is 2.35. The van der Waals surface area contributed by atoms with Gasteiger partial charge in [0, 0.05) is 6.42 Å². The first-order valence-corrected chi connectivity index (χ1v) is 19.9. The van der Waals surface area contributed by atoms with E-state index in [1.165, 1.54) is 70.5 Å². The van der Waals surface area contributed by atoms with Crippen LogP contribution in [0.15, 0.2) is 73.1 Å². The number of ether oxygens (including phenoxy) is 2. The van der Waals surface area contributed by atoms with Gasteiger partial charge in [0.15, 0.2) is 6.10 Å². The molecule has 48 heavy (non-hydrogen) atoms. The molecular weight excluding hydrogens is 627 g/mol. The maximum absolute atomic E-state index is 12.2. The highest BCUT2D eigenvalue weighted by molar-refractivity contribution is 7.46. The fourth-order valence-corrected chi connectivity index (χ4v) is 5.02. The van der Waals surface area contributed by atoms with Crippen LogP contribution in [0, 0.1) is 0 Å². The van der Waals surface area contributed by atoms with Gasteiger partial charge in [-0.25, -0.2) is 4.57 Å². The molecule has 9 heteroatoms. The summed E-state index contributed by atoms with van der Waals surface area (Å²) < 4.78 is 26.6. The number of unbranched alkanes of at least 4 members (excludes halogenated alkanes) is 13. The van der Waals surface area contributed by atoms with Gasteiger partial charge >= 0.3 is 13.8 Å². The molecule has 0 aliphatic heterocycles. The van der Waals surface area contributed by atoms with Crippen LogP contribution in [0.4, 0.5) is 0 Å². The molecule has 0 aliphatic carbocycles. The van der Waals surface area contributed by atoms with Gasteiger partial charge < -0.3 is 24.4 Å². The second-order valence-corrected chi connectivity index (χ2v) is 13.3. The molecule has 8 nitrogen and oxygen atoms in total. The zero-order valence-corrected chi connectivity index (χ0v) is 30.9. The van der Waals surface area contributed by atoms with Crippen molar-refractivity contribution in [3.8, 4) is 0 Å². The summed E-state index contributed by atoms with van der Waals surface area (Å²) in [5.41, 5.74) is 0. The number of phosphoric acid groups is 1. The van der Waals surface area contributed by atoms with Crippen molar-refractivity contribution < 1.29 is 38.3 Å². The van der Waals surface area contributed by atoms with E-state index in [0.29, 0.717) is 12.8 Å². The zero-order valence-electron chi connectivity index (χ0n) is 30.0. The lowest BCUT2D eigenvalue weighted by Crippen LogP contribution is -2.25. The normalized spacial score (nSPS) is 14.1. The number of hydrogen-bond donors (Lipinski definition) is 3. The fraction of sp³-hybridized carbons (Fsp3) is 0.667. The van der Waals surface area contributed by atoms with E-state index >= 15 is 0 Å². The topological polar surface area (TPSA) is 123 Å². The minimum absolute atomic E-state index is 0.148. The summed E-state index contributed by atoms with van der Waals surface area (Å²) in [4.78, 5) is 30.3. The number of aliphatic hydroxyl groups is 1. The average Bonchev–Trinajstić information content (AvgIpc) is 3.06. The molecule has 0 fully saturated rings. The van der Waals surface area contributed by atoms with Crippen molar-refractivity contribution in [2.45, 2.75) is 154 Å². The maximum Gasteiger partial charge on any atom is 0.469 e. The summed E-state index contributed by atoms with van der Waals surface area (Å²) in [6.45, 7) is 3.76. The van der Waals surface area contributed by atoms with E-state index < -0.39 is 20.0 Å². The number of carbonyl (C=O) groups excluding carboxylic acids is 1. The summed E-state index contributed by atoms with van der Waals surface area (Å²) in [5, 5.41) is 9.72. The van der Waals surface area contributed by atoms with Crippen LogP contribution in [-0.2, 0) is 23.4 Å². The molecule has 0 amide bonds. The molecular formula is C39H67O8P. The standard InChI is InChI=1S/C39H67O8P/c1-3-5-7-8-9-10-11-12-15-18-21-24-27-30-34-45-38(36-47-48(42,43)44)35-46-39(41)33-29-26-23-20-17-14-13-16-19-22-25-28-32-37(40)31-6-4-2/h6,13-14,19-20,22-23,25,28,30-31,34,37-38,40H,3-5,7-12,15-18,21,24,26-27,29,32-33,35-36H2,1-2H3,(H2,42,43,44)/b14-13-,22-19-,23-20-,28-25+,31-6-,34-30+/t37?,38-/m1/s1. The first-order chi connectivity index (χ1) is 23.3. The summed E-state index contributed by atoms with van der Waals surface area (Å²) >= 11 is 0. The molecule has 3 N–H and O–H groups in total. The lowest BCUT2D eigenvalue weighted by atomic mass is 10.0. The van der Waals surface area contributed by atoms with Crippen molar-refractivity contribution in [3.05, 3.63) is 73.1 Å². The lowest BCUT2D eigenvalue weighted by molar-refractivity contribution is -0.147. The van der Waals surface area contributed by atoms with E-state index in [9.17, 15) is 14.5 Å². The molecule has 0 aromatic heterocycles. The Morgan fingerprint density at radius 2 is 1.27 bits per heavy atom. The molecule has 0 rings (SSSR count). The molecule has 0 saturated carbocycles. The number of phosphoric ester groups is 1.